The number of hydrogen-bond acceptors (Lipinski definition) is 1. The van der Waals surface area contributed by atoms with Crippen molar-refractivity contribution in [1.29, 1.82) is 0 Å². The van der Waals surface area contributed by atoms with Crippen LogP contribution in [0.1, 0.15) is 13.8 Å². The summed E-state index contributed by atoms with van der Waals surface area (Å²) in [6.45, 7) is 7.47. The molecule has 0 aliphatic carbocycles. The summed E-state index contributed by atoms with van der Waals surface area (Å²) in [5.74, 6) is 0.828. The summed E-state index contributed by atoms with van der Waals surface area (Å²) >= 11 is 0. The first kappa shape index (κ1) is 7.50. The lowest BCUT2D eigenvalue weighted by atomic mass is 10.7. The van der Waals surface area contributed by atoms with Crippen molar-refractivity contribution >= 4 is 9.76 Å². The van der Waals surface area contributed by atoms with Crippen molar-refractivity contribution < 1.29 is 4.43 Å². The Morgan fingerprint density at radius 2 is 2.38 bits per heavy atom. The van der Waals surface area contributed by atoms with Crippen LogP contribution in [0.4, 0.5) is 0 Å². The average molecular weight is 128 g/mol. The third-order valence-electron chi connectivity index (χ3n) is 0.662. The Hall–Kier alpha value is -0.503. The minimum absolute atomic E-state index is 0.416. The Balaban J connectivity index is 3.05. The molecule has 0 N–H and O–H groups in total. The van der Waals surface area contributed by atoms with E-state index >= 15 is 0 Å². The van der Waals surface area contributed by atoms with Gasteiger partial charge in [0.05, 0.1) is 5.76 Å². The molecule has 0 aliphatic heterocycles. The molecule has 46 valence electrons. The molecule has 0 amide bonds. The summed E-state index contributed by atoms with van der Waals surface area (Å²) in [5.41, 5.74) is 2.08. The van der Waals surface area contributed by atoms with Crippen molar-refractivity contribution in [3.05, 3.63) is 24.1 Å². The second kappa shape index (κ2) is 4.65. The third kappa shape index (κ3) is 5.50. The average Bonchev–Trinajstić information content (AvgIpc) is 1.66. The van der Waals surface area contributed by atoms with E-state index in [9.17, 15) is 0 Å². The van der Waals surface area contributed by atoms with Gasteiger partial charge in [-0.2, -0.15) is 0 Å². The molecule has 1 nitrogen and oxygen atoms in total. The molecular formula is C6H12OSi. The zero-order chi connectivity index (χ0) is 6.41. The van der Waals surface area contributed by atoms with Crippen molar-refractivity contribution in [2.45, 2.75) is 13.8 Å². The highest BCUT2D eigenvalue weighted by Crippen LogP contribution is 1.86. The maximum Gasteiger partial charge on any atom is 0.243 e. The van der Waals surface area contributed by atoms with Gasteiger partial charge in [0, 0.05) is 0 Å². The molecule has 0 aromatic rings. The zero-order valence-corrected chi connectivity index (χ0v) is 6.89. The maximum absolute atomic E-state index is 5.14. The van der Waals surface area contributed by atoms with Gasteiger partial charge in [-0.25, -0.2) is 0 Å². The third-order valence-corrected chi connectivity index (χ3v) is 1.98. The van der Waals surface area contributed by atoms with Gasteiger partial charge in [-0.1, -0.05) is 18.4 Å². The zero-order valence-electron chi connectivity index (χ0n) is 5.48. The van der Waals surface area contributed by atoms with Gasteiger partial charge < -0.3 is 4.43 Å². The highest BCUT2D eigenvalue weighted by Gasteiger charge is 1.78. The predicted octanol–water partition coefficient (Wildman–Crippen LogP) is 1.15. The molecule has 0 saturated carbocycles. The van der Waals surface area contributed by atoms with Gasteiger partial charge in [0.1, 0.15) is 0 Å². The van der Waals surface area contributed by atoms with Gasteiger partial charge in [-0.3, -0.25) is 0 Å². The van der Waals surface area contributed by atoms with Crippen LogP contribution in [0.15, 0.2) is 24.1 Å². The van der Waals surface area contributed by atoms with Crippen molar-refractivity contribution in [1.82, 2.24) is 0 Å². The summed E-state index contributed by atoms with van der Waals surface area (Å²) in [5, 5.41) is 0. The summed E-state index contributed by atoms with van der Waals surface area (Å²) < 4.78 is 5.14. The molecule has 0 atom stereocenters. The Kier molecular flexibility index (Phi) is 4.36. The molecule has 0 saturated heterocycles. The van der Waals surface area contributed by atoms with E-state index in [0.29, 0.717) is 0 Å². The SMILES string of the molecule is C=C(C)O[SiH2]C=CC. The second-order valence-corrected chi connectivity index (χ2v) is 2.68. The van der Waals surface area contributed by atoms with E-state index in [2.05, 4.69) is 12.3 Å². The molecule has 0 heterocycles. The molecule has 0 bridgehead atoms. The fourth-order valence-electron chi connectivity index (χ4n) is 0.287. The van der Waals surface area contributed by atoms with Crippen LogP contribution in [0.25, 0.3) is 0 Å². The van der Waals surface area contributed by atoms with E-state index in [4.69, 9.17) is 4.43 Å². The maximum atomic E-state index is 5.14. The van der Waals surface area contributed by atoms with E-state index in [-0.39, 0.29) is 0 Å². The van der Waals surface area contributed by atoms with Gasteiger partial charge in [0.15, 0.2) is 0 Å². The molecule has 2 heteroatoms. The van der Waals surface area contributed by atoms with Crippen molar-refractivity contribution in [2.24, 2.45) is 0 Å². The van der Waals surface area contributed by atoms with Crippen molar-refractivity contribution in [3.8, 4) is 0 Å². The van der Waals surface area contributed by atoms with Crippen LogP contribution in [0.2, 0.25) is 0 Å². The lowest BCUT2D eigenvalue weighted by molar-refractivity contribution is 0.465. The first-order valence-electron chi connectivity index (χ1n) is 2.67. The largest absolute Gasteiger partial charge is 0.549 e. The molecular weight excluding hydrogens is 116 g/mol. The fourth-order valence-corrected chi connectivity index (χ4v) is 0.860. The van der Waals surface area contributed by atoms with E-state index in [1.54, 1.807) is 0 Å². The van der Waals surface area contributed by atoms with Gasteiger partial charge >= 0.3 is 0 Å². The molecule has 0 radical (unpaired) electrons. The van der Waals surface area contributed by atoms with E-state index in [0.717, 1.165) is 5.76 Å². The van der Waals surface area contributed by atoms with Crippen molar-refractivity contribution in [2.75, 3.05) is 0 Å². The Morgan fingerprint density at radius 3 is 2.75 bits per heavy atom. The molecule has 0 aromatic heterocycles. The number of allylic oxidation sites excluding steroid dienone is 2. The minimum atomic E-state index is -0.416. The molecule has 0 aliphatic rings. The van der Waals surface area contributed by atoms with Crippen LogP contribution < -0.4 is 0 Å². The first-order valence-corrected chi connectivity index (χ1v) is 4.06. The summed E-state index contributed by atoms with van der Waals surface area (Å²) in [4.78, 5) is 0. The number of rotatable bonds is 3. The topological polar surface area (TPSA) is 9.23 Å². The quantitative estimate of drug-likeness (QED) is 0.409. The predicted molar refractivity (Wildman–Crippen MR) is 39.3 cm³/mol. The molecule has 8 heavy (non-hydrogen) atoms. The van der Waals surface area contributed by atoms with Crippen LogP contribution >= 0.6 is 0 Å². The van der Waals surface area contributed by atoms with Crippen LogP contribution in [0.3, 0.4) is 0 Å². The molecule has 0 aromatic carbocycles. The highest BCUT2D eigenvalue weighted by molar-refractivity contribution is 6.34. The second-order valence-electron chi connectivity index (χ2n) is 1.58. The monoisotopic (exact) mass is 128 g/mol. The van der Waals surface area contributed by atoms with E-state index in [1.165, 1.54) is 0 Å². The molecule has 0 unspecified atom stereocenters. The highest BCUT2D eigenvalue weighted by atomic mass is 28.2. The summed E-state index contributed by atoms with van der Waals surface area (Å²) in [7, 11) is -0.416. The normalized spacial score (nSPS) is 11.2. The Bertz CT molecular complexity index is 96.7. The standard InChI is InChI=1S/C6H12OSi/c1-4-5-8-7-6(2)3/h4-5H,2,8H2,1,3H3. The van der Waals surface area contributed by atoms with Crippen LogP contribution in [-0.4, -0.2) is 9.76 Å². The van der Waals surface area contributed by atoms with Gasteiger partial charge in [0.25, 0.3) is 0 Å². The lowest BCUT2D eigenvalue weighted by Gasteiger charge is -1.97. The molecule has 0 rings (SSSR count). The lowest BCUT2D eigenvalue weighted by Crippen LogP contribution is -1.89. The van der Waals surface area contributed by atoms with E-state index in [1.807, 2.05) is 19.9 Å². The number of hydrogen-bond donors (Lipinski definition) is 0. The molecule has 0 spiro atoms. The Morgan fingerprint density at radius 1 is 1.75 bits per heavy atom. The van der Waals surface area contributed by atoms with Gasteiger partial charge in [-0.15, -0.1) is 0 Å². The van der Waals surface area contributed by atoms with E-state index < -0.39 is 9.76 Å². The van der Waals surface area contributed by atoms with Crippen LogP contribution in [0.5, 0.6) is 0 Å². The van der Waals surface area contributed by atoms with Crippen molar-refractivity contribution in [3.63, 3.8) is 0 Å². The van der Waals surface area contributed by atoms with Crippen LogP contribution in [0, 0.1) is 0 Å². The smallest absolute Gasteiger partial charge is 0.243 e. The minimum Gasteiger partial charge on any atom is -0.549 e. The Labute approximate surface area is 53.0 Å². The van der Waals surface area contributed by atoms with Gasteiger partial charge in [-0.05, 0) is 13.8 Å². The fraction of sp³-hybridized carbons (Fsp3) is 0.333. The van der Waals surface area contributed by atoms with Gasteiger partial charge in [0.2, 0.25) is 9.76 Å². The molecule has 0 fully saturated rings. The van der Waals surface area contributed by atoms with Crippen LogP contribution in [-0.2, 0) is 4.43 Å². The first-order chi connectivity index (χ1) is 3.77. The summed E-state index contributed by atoms with van der Waals surface area (Å²) in [6, 6.07) is 0. The summed E-state index contributed by atoms with van der Waals surface area (Å²) in [6.07, 6.45) is 2.01.